The monoisotopic (exact) mass is 2080 g/mol. The highest BCUT2D eigenvalue weighted by Gasteiger charge is 2.41. The molecule has 756 valence electrons. The Labute approximate surface area is 866 Å². The van der Waals surface area contributed by atoms with E-state index in [2.05, 4.69) is 34.6 Å². The number of H-pyrrole nitrogens is 4. The number of nitrogens with zero attached hydrogens (tertiary/aromatic N) is 7. The topological polar surface area (TPSA) is 287 Å². The number of hydrogen-bond acceptors (Lipinski definition) is 20. The van der Waals surface area contributed by atoms with E-state index in [0.29, 0.717) is 141 Å². The first kappa shape index (κ1) is 104. The fraction of sp³-hybridized carbons (Fsp3) is 0.394. The summed E-state index contributed by atoms with van der Waals surface area (Å²) in [4.78, 5) is 80.1. The number of β-amino-alcohol motifs (C(OH)–C–C–N with tert-alkyl or cyclic N) is 2. The number of fused-ring (bicyclic) bond motifs is 12. The predicted octanol–water partition coefficient (Wildman–Crippen LogP) is 21.5. The molecule has 20 rings (SSSR count). The number of aliphatic hydroxyl groups is 2. The van der Waals surface area contributed by atoms with Crippen LogP contribution >= 0.6 is 81.4 Å². The maximum absolute atomic E-state index is 13.4. The minimum absolute atomic E-state index is 0.101. The third-order valence-electron chi connectivity index (χ3n) is 26.8. The second kappa shape index (κ2) is 49.9. The minimum atomic E-state index is -0.582. The normalized spacial score (nSPS) is 18.0. The number of carbonyl (C=O) groups is 4. The third-order valence-corrected chi connectivity index (χ3v) is 29.3. The summed E-state index contributed by atoms with van der Waals surface area (Å²) in [5.74, 6) is 5.73. The molecule has 6 atom stereocenters. The Hall–Kier alpha value is -10.8. The number of halogens is 6. The number of nitrogens with one attached hydrogen (secondary N) is 4. The van der Waals surface area contributed by atoms with Gasteiger partial charge in [-0.15, -0.1) is 11.6 Å². The zero-order valence-corrected chi connectivity index (χ0v) is 85.7. The number of hydrogen-bond donors (Lipinski definition) is 6. The fourth-order valence-electron chi connectivity index (χ4n) is 19.9. The number of rotatable bonds is 28. The van der Waals surface area contributed by atoms with Crippen LogP contribution in [0.3, 0.4) is 0 Å². The summed E-state index contributed by atoms with van der Waals surface area (Å²) in [5.41, 5.74) is 17.3. The standard InChI is InChI=1S/C28H25Cl3N2O3.C27H32ClN3O5.C27H32ClN3O4S.C27H32ClN3O4/c29-13-3-15-35-21-9-6-18(7-10-21)27-26-22(23-16-20(30)8-11-25(23)32-26)12-14-33(27)28(34)36-17-19-4-1-2-5-24(19)31;1-2-35-27(33)31-10-9-22-23-15-19(28)5-8-24(23)29-25(22)26(31)18-3-6-21(7-4-18)36-17-20(32)16-30-11-13-34-14-12-30;1-2-34-27(33)31-10-9-22-23-15-19(28)5-8-24(23)29-25(22)26(31)18-3-6-21(7-4-18)35-17-20(32)16-30-11-13-36-14-12-30;1-2-34-27(32)31-12-10-22-23-18-20(28)6-9-24(23)29-25(22)26(31)19-4-7-21(8-5-19)35-15-3-11-30-13-16-33-17-14-30/h1-2,4-11,16,27,32H,3,12-15,17H2;2*3-8,15,20,26,29,32H,2,9-14,16-17H2,1H3;4-9,18,26,29H,2-3,10-17H2,1H3. The molecule has 27 nitrogen and oxygen atoms in total. The maximum atomic E-state index is 13.4. The molecule has 3 saturated heterocycles. The van der Waals surface area contributed by atoms with Crippen LogP contribution in [0.25, 0.3) is 43.6 Å². The third kappa shape index (κ3) is 25.7. The lowest BCUT2D eigenvalue weighted by Crippen LogP contribution is -2.42. The van der Waals surface area contributed by atoms with Gasteiger partial charge in [0.15, 0.2) is 0 Å². The molecule has 7 aliphatic heterocycles. The van der Waals surface area contributed by atoms with E-state index < -0.39 is 18.3 Å². The molecule has 4 aromatic heterocycles. The van der Waals surface area contributed by atoms with E-state index >= 15 is 0 Å². The zero-order valence-electron chi connectivity index (χ0n) is 80.4. The largest absolute Gasteiger partial charge is 0.494 e. The molecule has 7 aliphatic rings. The second-order valence-electron chi connectivity index (χ2n) is 36.0. The van der Waals surface area contributed by atoms with Crippen LogP contribution in [0, 0.1) is 0 Å². The van der Waals surface area contributed by atoms with Crippen LogP contribution in [0.5, 0.6) is 23.0 Å². The molecule has 34 heteroatoms. The number of benzene rings is 9. The van der Waals surface area contributed by atoms with Gasteiger partial charge in [0.05, 0.1) is 59.5 Å². The van der Waals surface area contributed by atoms with Gasteiger partial charge in [-0.1, -0.05) is 125 Å². The van der Waals surface area contributed by atoms with Gasteiger partial charge in [0.1, 0.15) is 79.2 Å². The lowest BCUT2D eigenvalue weighted by Gasteiger charge is -2.35. The molecule has 6 N–H and O–H groups in total. The van der Waals surface area contributed by atoms with E-state index in [-0.39, 0.29) is 62.3 Å². The molecule has 0 bridgehead atoms. The SMILES string of the molecule is CCOC(=O)N1CCc2c([nH]c3ccc(Cl)cc23)C1c1ccc(OCC(O)CN2CCOCC2)cc1.CCOC(=O)N1CCc2c([nH]c3ccc(Cl)cc23)C1c1ccc(OCC(O)CN2CCSCC2)cc1.CCOC(=O)N1CCc2c([nH]c3ccc(Cl)cc23)C1c1ccc(OCCCN2CCOCC2)cc1.O=C(OCc1ccccc1Cl)N1CCc2c([nH]c3ccc(Cl)cc23)C1c1ccc(OCCCCl)cc1. The molecule has 6 unspecified atom stereocenters. The van der Waals surface area contributed by atoms with Crippen molar-refractivity contribution in [3.05, 3.63) is 292 Å². The number of thioether (sulfide) groups is 1. The molecular weight excluding hydrogens is 1960 g/mol. The summed E-state index contributed by atoms with van der Waals surface area (Å²) in [7, 11) is 0. The molecule has 0 aliphatic carbocycles. The van der Waals surface area contributed by atoms with Crippen LogP contribution < -0.4 is 18.9 Å². The van der Waals surface area contributed by atoms with Crippen LogP contribution in [0.1, 0.15) is 131 Å². The maximum Gasteiger partial charge on any atom is 0.410 e. The van der Waals surface area contributed by atoms with Gasteiger partial charge in [-0.2, -0.15) is 11.8 Å². The van der Waals surface area contributed by atoms with E-state index in [4.69, 9.17) is 117 Å². The predicted molar refractivity (Wildman–Crippen MR) is 563 cm³/mol. The Kier molecular flexibility index (Phi) is 36.2. The van der Waals surface area contributed by atoms with Crippen molar-refractivity contribution in [3.8, 4) is 23.0 Å². The first-order chi connectivity index (χ1) is 69.7. The van der Waals surface area contributed by atoms with Crippen molar-refractivity contribution >= 4 is 149 Å². The molecule has 0 saturated carbocycles. The number of morpholine rings is 2. The number of ether oxygens (including phenoxy) is 10. The zero-order chi connectivity index (χ0) is 99.4. The van der Waals surface area contributed by atoms with Crippen LogP contribution in [0.2, 0.25) is 25.1 Å². The highest BCUT2D eigenvalue weighted by Crippen LogP contribution is 2.46. The summed E-state index contributed by atoms with van der Waals surface area (Å²) >= 11 is 39.1. The van der Waals surface area contributed by atoms with Crippen molar-refractivity contribution in [2.75, 3.05) is 175 Å². The smallest absolute Gasteiger partial charge is 0.410 e. The average molecular weight is 2090 g/mol. The summed E-state index contributed by atoms with van der Waals surface area (Å²) in [5, 5.41) is 28.5. The average Bonchev–Trinajstić information content (AvgIpc) is 1.64. The van der Waals surface area contributed by atoms with Crippen molar-refractivity contribution in [1.29, 1.82) is 0 Å². The lowest BCUT2D eigenvalue weighted by molar-refractivity contribution is 0.00464. The van der Waals surface area contributed by atoms with E-state index in [9.17, 15) is 29.4 Å². The van der Waals surface area contributed by atoms with Crippen molar-refractivity contribution in [2.24, 2.45) is 0 Å². The van der Waals surface area contributed by atoms with Gasteiger partial charge in [-0.3, -0.25) is 34.3 Å². The molecule has 11 heterocycles. The van der Waals surface area contributed by atoms with Crippen LogP contribution in [0.15, 0.2) is 194 Å². The Bertz CT molecular complexity index is 6270. The molecular formula is C109H121Cl6N11O16S. The first-order valence-electron chi connectivity index (χ1n) is 49.2. The molecule has 13 aromatic rings. The Morgan fingerprint density at radius 1 is 0.385 bits per heavy atom. The van der Waals surface area contributed by atoms with Gasteiger partial charge < -0.3 is 77.5 Å². The number of aliphatic hydroxyl groups excluding tert-OH is 2. The van der Waals surface area contributed by atoms with Crippen molar-refractivity contribution < 1.29 is 76.8 Å². The molecule has 9 aromatic carbocycles. The minimum Gasteiger partial charge on any atom is -0.494 e. The second-order valence-corrected chi connectivity index (χ2v) is 39.8. The van der Waals surface area contributed by atoms with E-state index in [1.807, 2.05) is 221 Å². The van der Waals surface area contributed by atoms with E-state index in [1.165, 1.54) is 16.7 Å². The Balaban J connectivity index is 0.000000131. The van der Waals surface area contributed by atoms with Gasteiger partial charge in [-0.25, -0.2) is 19.2 Å². The number of carbonyl (C=O) groups excluding carboxylic acids is 4. The van der Waals surface area contributed by atoms with E-state index in [1.54, 1.807) is 25.7 Å². The highest BCUT2D eigenvalue weighted by molar-refractivity contribution is 7.99. The summed E-state index contributed by atoms with van der Waals surface area (Å²) in [6, 6.07) is 60.8. The molecule has 143 heavy (non-hydrogen) atoms. The van der Waals surface area contributed by atoms with Gasteiger partial charge in [0.2, 0.25) is 0 Å². The van der Waals surface area contributed by atoms with Crippen LogP contribution in [0.4, 0.5) is 19.2 Å². The van der Waals surface area contributed by atoms with Crippen LogP contribution in [-0.2, 0) is 60.7 Å². The van der Waals surface area contributed by atoms with Gasteiger partial charge in [-0.05, 0) is 231 Å². The summed E-state index contributed by atoms with van der Waals surface area (Å²) < 4.78 is 56.2. The Morgan fingerprint density at radius 2 is 0.699 bits per heavy atom. The summed E-state index contributed by atoms with van der Waals surface area (Å²) in [6.07, 6.45) is 2.14. The number of aromatic amines is 4. The van der Waals surface area contributed by atoms with Crippen LogP contribution in [-0.4, -0.2) is 276 Å². The lowest BCUT2D eigenvalue weighted by atomic mass is 9.92. The van der Waals surface area contributed by atoms with Crippen molar-refractivity contribution in [1.82, 2.24) is 54.2 Å². The molecule has 0 radical (unpaired) electrons. The van der Waals surface area contributed by atoms with Crippen molar-refractivity contribution in [2.45, 2.75) is 102 Å². The van der Waals surface area contributed by atoms with Crippen molar-refractivity contribution in [3.63, 3.8) is 0 Å². The molecule has 4 amide bonds. The fourth-order valence-corrected chi connectivity index (χ4v) is 21.8. The first-order valence-corrected chi connectivity index (χ1v) is 52.7. The number of aromatic nitrogens is 4. The van der Waals surface area contributed by atoms with Gasteiger partial charge >= 0.3 is 24.4 Å². The number of alkyl halides is 1. The Morgan fingerprint density at radius 3 is 1.03 bits per heavy atom. The quantitative estimate of drug-likeness (QED) is 0.0151. The van der Waals surface area contributed by atoms with Gasteiger partial charge in [0, 0.05) is 200 Å². The molecule has 0 spiro atoms. The molecule has 3 fully saturated rings. The summed E-state index contributed by atoms with van der Waals surface area (Å²) in [6.45, 7) is 21.3. The highest BCUT2D eigenvalue weighted by atomic mass is 35.5. The number of amides is 4. The van der Waals surface area contributed by atoms with E-state index in [0.717, 1.165) is 207 Å². The van der Waals surface area contributed by atoms with Gasteiger partial charge in [0.25, 0.3) is 0 Å².